The second kappa shape index (κ2) is 14.7. The molecule has 0 aliphatic heterocycles. The zero-order valence-corrected chi connectivity index (χ0v) is 32.3. The zero-order valence-electron chi connectivity index (χ0n) is 32.3. The third-order valence-electron chi connectivity index (χ3n) is 20.3. The lowest BCUT2D eigenvalue weighted by Crippen LogP contribution is -2.43. The van der Waals surface area contributed by atoms with E-state index in [4.69, 9.17) is 0 Å². The third-order valence-corrected chi connectivity index (χ3v) is 20.3. The van der Waals surface area contributed by atoms with Crippen LogP contribution in [0.25, 0.3) is 0 Å². The van der Waals surface area contributed by atoms with Crippen molar-refractivity contribution in [3.63, 3.8) is 0 Å². The van der Waals surface area contributed by atoms with Crippen LogP contribution in [0.15, 0.2) is 0 Å². The minimum atomic E-state index is 1.10. The summed E-state index contributed by atoms with van der Waals surface area (Å²) in [4.78, 5) is 0. The number of hydrogen-bond acceptors (Lipinski definition) is 0. The summed E-state index contributed by atoms with van der Waals surface area (Å²) >= 11 is 0. The van der Waals surface area contributed by atoms with E-state index in [1.54, 1.807) is 199 Å². The average Bonchev–Trinajstić information content (AvgIpc) is 3.80. The summed E-state index contributed by atoms with van der Waals surface area (Å²) in [5, 5.41) is 0. The van der Waals surface area contributed by atoms with Gasteiger partial charge in [-0.1, -0.05) is 148 Å². The summed E-state index contributed by atoms with van der Waals surface area (Å²) in [6.45, 7) is 0. The maximum atomic E-state index is 1.69. The fourth-order valence-corrected chi connectivity index (χ4v) is 19.3. The fraction of sp³-hybridized carbons (Fsp3) is 1.00. The van der Waals surface area contributed by atoms with E-state index in [1.165, 1.54) is 17.8 Å². The van der Waals surface area contributed by atoms with Gasteiger partial charge in [-0.05, 0) is 158 Å². The summed E-state index contributed by atoms with van der Waals surface area (Å²) in [5.74, 6) is 20.5. The van der Waals surface area contributed by atoms with Crippen molar-refractivity contribution in [1.29, 1.82) is 0 Å². The summed E-state index contributed by atoms with van der Waals surface area (Å²) in [5.41, 5.74) is 0. The first-order valence-electron chi connectivity index (χ1n) is 24.4. The van der Waals surface area contributed by atoms with Crippen LogP contribution in [0.3, 0.4) is 0 Å². The lowest BCUT2D eigenvalue weighted by atomic mass is 9.55. The van der Waals surface area contributed by atoms with Gasteiger partial charge in [0, 0.05) is 0 Å². The van der Waals surface area contributed by atoms with Crippen molar-refractivity contribution in [1.82, 2.24) is 0 Å². The summed E-state index contributed by atoms with van der Waals surface area (Å²) in [6.07, 6.45) is 50.0. The van der Waals surface area contributed by atoms with E-state index in [1.807, 2.05) is 0 Å². The van der Waals surface area contributed by atoms with Crippen molar-refractivity contribution in [2.24, 2.45) is 107 Å². The Morgan fingerprint density at radius 1 is 0.306 bits per heavy atom. The Morgan fingerprint density at radius 2 is 0.694 bits per heavy atom. The largest absolute Gasteiger partial charge is 0.0533 e. The Hall–Kier alpha value is 0. The highest BCUT2D eigenvalue weighted by atomic mass is 14.7. The highest BCUT2D eigenvalue weighted by molar-refractivity contribution is 5.15. The SMILES string of the molecule is C1CCC(C(CCC2C3CCCCC3C3CCCCC32)C2C(C3CCCCC3)C3C4CCCC5CCCC(C54)C3C2C2CCCCC2)CC1. The molecule has 0 heterocycles. The van der Waals surface area contributed by atoms with Gasteiger partial charge in [0.25, 0.3) is 0 Å². The van der Waals surface area contributed by atoms with Gasteiger partial charge >= 0.3 is 0 Å². The maximum Gasteiger partial charge on any atom is -0.0315 e. The Balaban J connectivity index is 1.04. The van der Waals surface area contributed by atoms with E-state index in [0.717, 1.165) is 88.8 Å². The average molecular weight is 669 g/mol. The smallest absolute Gasteiger partial charge is 0.0315 e. The number of rotatable bonds is 7. The molecule has 0 bridgehead atoms. The van der Waals surface area contributed by atoms with Crippen LogP contribution < -0.4 is 0 Å². The zero-order chi connectivity index (χ0) is 32.3. The Kier molecular flexibility index (Phi) is 10.1. The molecule has 49 heavy (non-hydrogen) atoms. The van der Waals surface area contributed by atoms with Gasteiger partial charge in [-0.15, -0.1) is 0 Å². The van der Waals surface area contributed by atoms with Crippen LogP contribution in [0.4, 0.5) is 0 Å². The van der Waals surface area contributed by atoms with E-state index < -0.39 is 0 Å². The molecule has 0 aromatic carbocycles. The summed E-state index contributed by atoms with van der Waals surface area (Å²) < 4.78 is 0. The molecule has 0 saturated heterocycles. The van der Waals surface area contributed by atoms with Gasteiger partial charge in [-0.3, -0.25) is 0 Å². The van der Waals surface area contributed by atoms with Crippen LogP contribution in [-0.2, 0) is 0 Å². The minimum absolute atomic E-state index is 1.10. The molecule has 10 saturated carbocycles. The Morgan fingerprint density at radius 3 is 1.20 bits per heavy atom. The lowest BCUT2D eigenvalue weighted by Gasteiger charge is -2.50. The van der Waals surface area contributed by atoms with Crippen molar-refractivity contribution in [2.75, 3.05) is 0 Å². The van der Waals surface area contributed by atoms with Crippen molar-refractivity contribution < 1.29 is 0 Å². The maximum absolute atomic E-state index is 1.69. The van der Waals surface area contributed by atoms with E-state index in [2.05, 4.69) is 0 Å². The second-order valence-electron chi connectivity index (χ2n) is 21.7. The summed E-state index contributed by atoms with van der Waals surface area (Å²) in [7, 11) is 0. The van der Waals surface area contributed by atoms with E-state index >= 15 is 0 Å². The van der Waals surface area contributed by atoms with Crippen molar-refractivity contribution >= 4 is 0 Å². The molecule has 0 spiro atoms. The van der Waals surface area contributed by atoms with Crippen molar-refractivity contribution in [3.8, 4) is 0 Å². The highest BCUT2D eigenvalue weighted by Gasteiger charge is 2.67. The molecule has 0 nitrogen and oxygen atoms in total. The molecule has 11 atom stereocenters. The topological polar surface area (TPSA) is 0 Å². The highest BCUT2D eigenvalue weighted by Crippen LogP contribution is 2.73. The monoisotopic (exact) mass is 669 g/mol. The molecule has 0 aromatic rings. The van der Waals surface area contributed by atoms with E-state index in [-0.39, 0.29) is 0 Å². The molecule has 0 amide bonds. The molecule has 11 unspecified atom stereocenters. The molecule has 0 heteroatoms. The first-order chi connectivity index (χ1) is 24.4. The molecule has 276 valence electrons. The quantitative estimate of drug-likeness (QED) is 0.253. The molecular formula is C49H80. The van der Waals surface area contributed by atoms with Crippen molar-refractivity contribution in [3.05, 3.63) is 0 Å². The molecule has 0 radical (unpaired) electrons. The van der Waals surface area contributed by atoms with Crippen LogP contribution >= 0.6 is 0 Å². The summed E-state index contributed by atoms with van der Waals surface area (Å²) in [6, 6.07) is 0. The molecule has 0 aromatic heterocycles. The Bertz CT molecular complexity index is 1000. The Labute approximate surface area is 304 Å². The predicted octanol–water partition coefficient (Wildman–Crippen LogP) is 14.3. The van der Waals surface area contributed by atoms with Gasteiger partial charge in [0.05, 0.1) is 0 Å². The molecule has 10 fully saturated rings. The van der Waals surface area contributed by atoms with Gasteiger partial charge in [0.15, 0.2) is 0 Å². The van der Waals surface area contributed by atoms with Gasteiger partial charge in [0.2, 0.25) is 0 Å². The number of fused-ring (bicyclic) bond motifs is 6. The van der Waals surface area contributed by atoms with Crippen LogP contribution in [-0.4, -0.2) is 0 Å². The molecular weight excluding hydrogens is 589 g/mol. The molecule has 10 aliphatic rings. The van der Waals surface area contributed by atoms with Gasteiger partial charge in [-0.2, -0.15) is 0 Å². The normalized spacial score (nSPS) is 50.0. The standard InChI is InChI=1S/C49H80/c1-4-16-32(17-5-1)36(30-31-41-39-26-12-10-24-37(39)38-25-11-13-27-40(38)41)47-45(34-18-6-2-7-19-34)48-42-28-14-22-33-23-15-29-43(44(33)42)49(48)46(47)35-20-8-3-9-21-35/h32-49H,1-31H2. The van der Waals surface area contributed by atoms with Gasteiger partial charge in [-0.25, -0.2) is 0 Å². The van der Waals surface area contributed by atoms with Crippen LogP contribution in [0.1, 0.15) is 199 Å². The van der Waals surface area contributed by atoms with Crippen molar-refractivity contribution in [2.45, 2.75) is 199 Å². The molecule has 10 rings (SSSR count). The first-order valence-corrected chi connectivity index (χ1v) is 24.4. The minimum Gasteiger partial charge on any atom is -0.0533 e. The van der Waals surface area contributed by atoms with Crippen LogP contribution in [0.2, 0.25) is 0 Å². The second-order valence-corrected chi connectivity index (χ2v) is 21.7. The van der Waals surface area contributed by atoms with Gasteiger partial charge < -0.3 is 0 Å². The van der Waals surface area contributed by atoms with Crippen LogP contribution in [0, 0.1) is 107 Å². The lowest BCUT2D eigenvalue weighted by molar-refractivity contribution is -0.0129. The molecule has 0 N–H and O–H groups in total. The van der Waals surface area contributed by atoms with E-state index in [9.17, 15) is 0 Å². The third kappa shape index (κ3) is 5.92. The molecule has 10 aliphatic carbocycles. The van der Waals surface area contributed by atoms with E-state index in [0.29, 0.717) is 0 Å². The van der Waals surface area contributed by atoms with Crippen LogP contribution in [0.5, 0.6) is 0 Å². The predicted molar refractivity (Wildman–Crippen MR) is 206 cm³/mol. The van der Waals surface area contributed by atoms with Gasteiger partial charge in [0.1, 0.15) is 0 Å². The first kappa shape index (κ1) is 33.6. The number of hydrogen-bond donors (Lipinski definition) is 0. The fourth-order valence-electron chi connectivity index (χ4n) is 19.3.